The summed E-state index contributed by atoms with van der Waals surface area (Å²) in [6.07, 6.45) is 9.22. The number of rotatable bonds is 5. The fourth-order valence-corrected chi connectivity index (χ4v) is 2.42. The number of carbonyl (C=O) groups is 1. The summed E-state index contributed by atoms with van der Waals surface area (Å²) in [6, 6.07) is 7.65. The smallest absolute Gasteiger partial charge is 0.338 e. The molecule has 0 N–H and O–H groups in total. The Morgan fingerprint density at radius 3 is 2.74 bits per heavy atom. The highest BCUT2D eigenvalue weighted by molar-refractivity contribution is 5.89. The predicted octanol–water partition coefficient (Wildman–Crippen LogP) is 2.16. The standard InChI is InChI=1S/C16H15N5O2/c22-16(23-9-15-19-18-11-21(15)14-5-6-14)12-1-3-13(4-2-12)20-8-7-17-10-20/h1-4,7-8,10-11,14H,5-6,9H2. The van der Waals surface area contributed by atoms with E-state index in [4.69, 9.17) is 4.74 Å². The number of hydrogen-bond acceptors (Lipinski definition) is 5. The van der Waals surface area contributed by atoms with Gasteiger partial charge in [0.1, 0.15) is 6.33 Å². The summed E-state index contributed by atoms with van der Waals surface area (Å²) in [5.74, 6) is 0.323. The highest BCUT2D eigenvalue weighted by Gasteiger charge is 2.26. The first-order valence-electron chi connectivity index (χ1n) is 7.45. The van der Waals surface area contributed by atoms with Crippen molar-refractivity contribution in [1.82, 2.24) is 24.3 Å². The van der Waals surface area contributed by atoms with Gasteiger partial charge in [-0.3, -0.25) is 0 Å². The van der Waals surface area contributed by atoms with Gasteiger partial charge < -0.3 is 13.9 Å². The van der Waals surface area contributed by atoms with Crippen LogP contribution >= 0.6 is 0 Å². The van der Waals surface area contributed by atoms with Gasteiger partial charge in [-0.15, -0.1) is 10.2 Å². The lowest BCUT2D eigenvalue weighted by Crippen LogP contribution is -2.09. The zero-order chi connectivity index (χ0) is 15.6. The fourth-order valence-electron chi connectivity index (χ4n) is 2.42. The number of aromatic nitrogens is 5. The number of nitrogens with zero attached hydrogens (tertiary/aromatic N) is 5. The second kappa shape index (κ2) is 5.68. The summed E-state index contributed by atoms with van der Waals surface area (Å²) in [4.78, 5) is 16.1. The minimum Gasteiger partial charge on any atom is -0.454 e. The molecule has 23 heavy (non-hydrogen) atoms. The molecular formula is C16H15N5O2. The molecule has 1 aliphatic carbocycles. The molecule has 1 fully saturated rings. The van der Waals surface area contributed by atoms with E-state index in [1.807, 2.05) is 27.5 Å². The van der Waals surface area contributed by atoms with Crippen molar-refractivity contribution in [3.05, 3.63) is 60.7 Å². The van der Waals surface area contributed by atoms with Crippen LogP contribution in [0.25, 0.3) is 5.69 Å². The Morgan fingerprint density at radius 1 is 1.22 bits per heavy atom. The van der Waals surface area contributed by atoms with Crippen molar-refractivity contribution in [3.8, 4) is 5.69 Å². The third-order valence-electron chi connectivity index (χ3n) is 3.83. The second-order valence-electron chi connectivity index (χ2n) is 5.48. The number of ether oxygens (including phenoxy) is 1. The molecule has 4 rings (SSSR count). The second-order valence-corrected chi connectivity index (χ2v) is 5.48. The lowest BCUT2D eigenvalue weighted by atomic mass is 10.2. The number of esters is 1. The van der Waals surface area contributed by atoms with Crippen molar-refractivity contribution < 1.29 is 9.53 Å². The molecule has 1 saturated carbocycles. The van der Waals surface area contributed by atoms with Gasteiger partial charge in [-0.2, -0.15) is 0 Å². The maximum atomic E-state index is 12.1. The van der Waals surface area contributed by atoms with Crippen molar-refractivity contribution in [2.75, 3.05) is 0 Å². The Morgan fingerprint density at radius 2 is 2.04 bits per heavy atom. The van der Waals surface area contributed by atoms with E-state index < -0.39 is 0 Å². The molecule has 2 aromatic heterocycles. The van der Waals surface area contributed by atoms with Crippen molar-refractivity contribution in [2.24, 2.45) is 0 Å². The quantitative estimate of drug-likeness (QED) is 0.675. The van der Waals surface area contributed by atoms with Crippen LogP contribution in [0, 0.1) is 0 Å². The Labute approximate surface area is 132 Å². The van der Waals surface area contributed by atoms with Gasteiger partial charge in [0.2, 0.25) is 0 Å². The van der Waals surface area contributed by atoms with Gasteiger partial charge >= 0.3 is 5.97 Å². The molecule has 2 heterocycles. The first-order valence-corrected chi connectivity index (χ1v) is 7.45. The molecule has 0 unspecified atom stereocenters. The van der Waals surface area contributed by atoms with Crippen molar-refractivity contribution in [2.45, 2.75) is 25.5 Å². The molecule has 7 heteroatoms. The average molecular weight is 309 g/mol. The minimum atomic E-state index is -0.368. The van der Waals surface area contributed by atoms with Crippen LogP contribution in [0.2, 0.25) is 0 Å². The first kappa shape index (κ1) is 13.7. The molecule has 0 saturated heterocycles. The van der Waals surface area contributed by atoms with Gasteiger partial charge in [-0.05, 0) is 37.1 Å². The third kappa shape index (κ3) is 2.85. The zero-order valence-electron chi connectivity index (χ0n) is 12.4. The number of hydrogen-bond donors (Lipinski definition) is 0. The monoisotopic (exact) mass is 309 g/mol. The first-order chi connectivity index (χ1) is 11.3. The highest BCUT2D eigenvalue weighted by atomic mass is 16.5. The topological polar surface area (TPSA) is 74.8 Å². The Bertz CT molecular complexity index is 803. The lowest BCUT2D eigenvalue weighted by Gasteiger charge is -2.07. The molecule has 3 aromatic rings. The SMILES string of the molecule is O=C(OCc1nncn1C1CC1)c1ccc(-n2ccnc2)cc1. The van der Waals surface area contributed by atoms with E-state index >= 15 is 0 Å². The molecule has 7 nitrogen and oxygen atoms in total. The summed E-state index contributed by atoms with van der Waals surface area (Å²) in [6.45, 7) is 0.138. The van der Waals surface area contributed by atoms with E-state index in [1.54, 1.807) is 31.0 Å². The van der Waals surface area contributed by atoms with Gasteiger partial charge in [0.25, 0.3) is 0 Å². The van der Waals surface area contributed by atoms with E-state index in [0.29, 0.717) is 17.4 Å². The minimum absolute atomic E-state index is 0.138. The van der Waals surface area contributed by atoms with E-state index in [-0.39, 0.29) is 12.6 Å². The van der Waals surface area contributed by atoms with Crippen LogP contribution in [0.4, 0.5) is 0 Å². The van der Waals surface area contributed by atoms with E-state index in [1.165, 1.54) is 0 Å². The number of carbonyl (C=O) groups excluding carboxylic acids is 1. The molecule has 0 atom stereocenters. The summed E-state index contributed by atoms with van der Waals surface area (Å²) in [5.41, 5.74) is 1.44. The Hall–Kier alpha value is -2.96. The van der Waals surface area contributed by atoms with Crippen LogP contribution in [-0.2, 0) is 11.3 Å². The molecular weight excluding hydrogens is 294 g/mol. The van der Waals surface area contributed by atoms with Crippen LogP contribution in [0.1, 0.15) is 35.1 Å². The number of imidazole rings is 1. The summed E-state index contributed by atoms with van der Waals surface area (Å²) < 4.78 is 9.19. The van der Waals surface area contributed by atoms with Gasteiger partial charge in [0.15, 0.2) is 12.4 Å². The van der Waals surface area contributed by atoms with Gasteiger partial charge in [-0.25, -0.2) is 9.78 Å². The fraction of sp³-hybridized carbons (Fsp3) is 0.250. The van der Waals surface area contributed by atoms with Gasteiger partial charge in [-0.1, -0.05) is 0 Å². The van der Waals surface area contributed by atoms with Crippen LogP contribution < -0.4 is 0 Å². The maximum Gasteiger partial charge on any atom is 0.338 e. The highest BCUT2D eigenvalue weighted by Crippen LogP contribution is 2.35. The van der Waals surface area contributed by atoms with E-state index in [9.17, 15) is 4.79 Å². The average Bonchev–Trinajstić information content (AvgIpc) is 3.10. The van der Waals surface area contributed by atoms with Crippen molar-refractivity contribution in [3.63, 3.8) is 0 Å². The van der Waals surface area contributed by atoms with E-state index in [2.05, 4.69) is 15.2 Å². The van der Waals surface area contributed by atoms with Crippen LogP contribution in [0.15, 0.2) is 49.3 Å². The number of benzene rings is 1. The molecule has 1 aliphatic rings. The van der Waals surface area contributed by atoms with Gasteiger partial charge in [0, 0.05) is 24.1 Å². The van der Waals surface area contributed by atoms with E-state index in [0.717, 1.165) is 18.5 Å². The summed E-state index contributed by atoms with van der Waals surface area (Å²) in [5, 5.41) is 7.90. The van der Waals surface area contributed by atoms with Crippen molar-refractivity contribution in [1.29, 1.82) is 0 Å². The summed E-state index contributed by atoms with van der Waals surface area (Å²) >= 11 is 0. The van der Waals surface area contributed by atoms with Crippen LogP contribution in [0.5, 0.6) is 0 Å². The lowest BCUT2D eigenvalue weighted by molar-refractivity contribution is 0.0457. The molecule has 1 aromatic carbocycles. The van der Waals surface area contributed by atoms with Crippen LogP contribution in [0.3, 0.4) is 0 Å². The summed E-state index contributed by atoms with van der Waals surface area (Å²) in [7, 11) is 0. The predicted molar refractivity (Wildman–Crippen MR) is 81.0 cm³/mol. The third-order valence-corrected chi connectivity index (χ3v) is 3.83. The largest absolute Gasteiger partial charge is 0.454 e. The van der Waals surface area contributed by atoms with Crippen molar-refractivity contribution >= 4 is 5.97 Å². The normalized spacial score (nSPS) is 13.9. The Balaban J connectivity index is 1.41. The van der Waals surface area contributed by atoms with Crippen LogP contribution in [-0.4, -0.2) is 30.3 Å². The zero-order valence-corrected chi connectivity index (χ0v) is 12.4. The molecule has 116 valence electrons. The Kier molecular flexibility index (Phi) is 3.38. The van der Waals surface area contributed by atoms with Gasteiger partial charge in [0.05, 0.1) is 11.9 Å². The molecule has 0 aliphatic heterocycles. The molecule has 0 spiro atoms. The molecule has 0 radical (unpaired) electrons. The molecule has 0 bridgehead atoms. The molecule has 0 amide bonds. The maximum absolute atomic E-state index is 12.1.